The Morgan fingerprint density at radius 1 is 1.40 bits per heavy atom. The number of hydrogen-bond acceptors (Lipinski definition) is 4. The van der Waals surface area contributed by atoms with Crippen molar-refractivity contribution < 1.29 is 4.92 Å². The van der Waals surface area contributed by atoms with E-state index in [1.807, 2.05) is 23.5 Å². The zero-order valence-corrected chi connectivity index (χ0v) is 12.1. The summed E-state index contributed by atoms with van der Waals surface area (Å²) in [6, 6.07) is 9.53. The minimum Gasteiger partial charge on any atom is -0.292 e. The standard InChI is InChI=1S/C15H16N2O2S/c1-11-13-7-9-20-15(13)6-8-16(11)10-12-4-2-3-5-14(12)17(18)19/h2-5,7,9,11H,6,8,10H2,1H3. The third kappa shape index (κ3) is 2.34. The number of hydrogen-bond donors (Lipinski definition) is 0. The first-order chi connectivity index (χ1) is 9.66. The monoisotopic (exact) mass is 288 g/mol. The van der Waals surface area contributed by atoms with Crippen LogP contribution in [0.4, 0.5) is 5.69 Å². The molecule has 0 aliphatic carbocycles. The molecule has 0 N–H and O–H groups in total. The van der Waals surface area contributed by atoms with E-state index in [1.54, 1.807) is 12.1 Å². The molecule has 0 fully saturated rings. The van der Waals surface area contributed by atoms with Crippen LogP contribution in [0.3, 0.4) is 0 Å². The van der Waals surface area contributed by atoms with Gasteiger partial charge >= 0.3 is 0 Å². The third-order valence-corrected chi connectivity index (χ3v) is 4.96. The minimum absolute atomic E-state index is 0.218. The molecule has 3 rings (SSSR count). The summed E-state index contributed by atoms with van der Waals surface area (Å²) >= 11 is 1.81. The molecular formula is C15H16N2O2S. The van der Waals surface area contributed by atoms with Crippen LogP contribution < -0.4 is 0 Å². The summed E-state index contributed by atoms with van der Waals surface area (Å²) in [7, 11) is 0. The van der Waals surface area contributed by atoms with Crippen molar-refractivity contribution in [2.24, 2.45) is 0 Å². The van der Waals surface area contributed by atoms with Gasteiger partial charge in [0.2, 0.25) is 0 Å². The lowest BCUT2D eigenvalue weighted by atomic mass is 10.0. The Kier molecular flexibility index (Phi) is 3.54. The number of thiophene rings is 1. The highest BCUT2D eigenvalue weighted by Gasteiger charge is 2.26. The fourth-order valence-corrected chi connectivity index (χ4v) is 3.78. The maximum atomic E-state index is 11.1. The highest BCUT2D eigenvalue weighted by atomic mass is 32.1. The van der Waals surface area contributed by atoms with Crippen molar-refractivity contribution in [3.8, 4) is 0 Å². The Morgan fingerprint density at radius 3 is 3.00 bits per heavy atom. The smallest absolute Gasteiger partial charge is 0.273 e. The Bertz CT molecular complexity index is 638. The van der Waals surface area contributed by atoms with E-state index in [4.69, 9.17) is 0 Å². The molecule has 1 unspecified atom stereocenters. The van der Waals surface area contributed by atoms with Crippen LogP contribution in [0.15, 0.2) is 35.7 Å². The second-order valence-electron chi connectivity index (χ2n) is 5.08. The van der Waals surface area contributed by atoms with E-state index >= 15 is 0 Å². The zero-order chi connectivity index (χ0) is 14.1. The van der Waals surface area contributed by atoms with Gasteiger partial charge in [0.05, 0.1) is 4.92 Å². The van der Waals surface area contributed by atoms with Gasteiger partial charge in [-0.1, -0.05) is 18.2 Å². The maximum absolute atomic E-state index is 11.1. The van der Waals surface area contributed by atoms with Crippen LogP contribution in [0.2, 0.25) is 0 Å². The van der Waals surface area contributed by atoms with Gasteiger partial charge in [0.15, 0.2) is 0 Å². The summed E-state index contributed by atoms with van der Waals surface area (Å²) < 4.78 is 0. The van der Waals surface area contributed by atoms with E-state index in [-0.39, 0.29) is 10.6 Å². The molecule has 4 nitrogen and oxygen atoms in total. The van der Waals surface area contributed by atoms with Crippen molar-refractivity contribution in [1.82, 2.24) is 4.90 Å². The number of nitro groups is 1. The van der Waals surface area contributed by atoms with Crippen molar-refractivity contribution in [1.29, 1.82) is 0 Å². The van der Waals surface area contributed by atoms with E-state index in [9.17, 15) is 10.1 Å². The number of benzene rings is 1. The zero-order valence-electron chi connectivity index (χ0n) is 11.3. The number of para-hydroxylation sites is 1. The molecule has 1 aliphatic heterocycles. The molecule has 1 aliphatic rings. The minimum atomic E-state index is -0.292. The fraction of sp³-hybridized carbons (Fsp3) is 0.333. The number of rotatable bonds is 3. The van der Waals surface area contributed by atoms with Gasteiger partial charge in [-0.2, -0.15) is 0 Å². The molecule has 0 radical (unpaired) electrons. The molecule has 1 aromatic heterocycles. The van der Waals surface area contributed by atoms with Gasteiger partial charge in [-0.25, -0.2) is 0 Å². The lowest BCUT2D eigenvalue weighted by molar-refractivity contribution is -0.385. The highest BCUT2D eigenvalue weighted by Crippen LogP contribution is 2.34. The Balaban J connectivity index is 1.85. The average Bonchev–Trinajstić information content (AvgIpc) is 2.91. The molecule has 0 saturated carbocycles. The summed E-state index contributed by atoms with van der Waals surface area (Å²) in [5, 5.41) is 13.2. The number of nitro benzene ring substituents is 1. The van der Waals surface area contributed by atoms with Crippen LogP contribution in [0.5, 0.6) is 0 Å². The third-order valence-electron chi connectivity index (χ3n) is 3.97. The topological polar surface area (TPSA) is 46.4 Å². The highest BCUT2D eigenvalue weighted by molar-refractivity contribution is 7.10. The van der Waals surface area contributed by atoms with Gasteiger partial charge in [0, 0.05) is 35.6 Å². The SMILES string of the molecule is CC1c2ccsc2CCN1Cc1ccccc1[N+](=O)[O-]. The van der Waals surface area contributed by atoms with Crippen LogP contribution in [0.25, 0.3) is 0 Å². The van der Waals surface area contributed by atoms with Gasteiger partial charge in [-0.05, 0) is 30.4 Å². The predicted molar refractivity (Wildman–Crippen MR) is 79.9 cm³/mol. The predicted octanol–water partition coefficient (Wildman–Crippen LogP) is 3.78. The molecule has 5 heteroatoms. The lowest BCUT2D eigenvalue weighted by Gasteiger charge is -2.33. The van der Waals surface area contributed by atoms with Crippen molar-refractivity contribution in [2.45, 2.75) is 25.9 Å². The van der Waals surface area contributed by atoms with Gasteiger partial charge in [-0.15, -0.1) is 11.3 Å². The number of nitrogens with zero attached hydrogens (tertiary/aromatic N) is 2. The van der Waals surface area contributed by atoms with Crippen LogP contribution in [-0.2, 0) is 13.0 Å². The maximum Gasteiger partial charge on any atom is 0.273 e. The molecule has 0 spiro atoms. The Labute approximate surface area is 121 Å². The first-order valence-electron chi connectivity index (χ1n) is 6.69. The Morgan fingerprint density at radius 2 is 2.20 bits per heavy atom. The average molecular weight is 288 g/mol. The first kappa shape index (κ1) is 13.3. The van der Waals surface area contributed by atoms with Gasteiger partial charge in [0.25, 0.3) is 5.69 Å². The van der Waals surface area contributed by atoms with Crippen LogP contribution in [0, 0.1) is 10.1 Å². The second kappa shape index (κ2) is 5.34. The second-order valence-corrected chi connectivity index (χ2v) is 6.08. The molecule has 104 valence electrons. The van der Waals surface area contributed by atoms with Crippen LogP contribution in [0.1, 0.15) is 29.0 Å². The Hall–Kier alpha value is -1.72. The van der Waals surface area contributed by atoms with E-state index < -0.39 is 0 Å². The fourth-order valence-electron chi connectivity index (χ4n) is 2.82. The first-order valence-corrected chi connectivity index (χ1v) is 7.57. The molecule has 2 heterocycles. The molecule has 20 heavy (non-hydrogen) atoms. The van der Waals surface area contributed by atoms with Gasteiger partial charge in [0.1, 0.15) is 0 Å². The largest absolute Gasteiger partial charge is 0.292 e. The van der Waals surface area contributed by atoms with Crippen molar-refractivity contribution in [2.75, 3.05) is 6.54 Å². The lowest BCUT2D eigenvalue weighted by Crippen LogP contribution is -2.32. The molecule has 1 aromatic carbocycles. The molecule has 1 atom stereocenters. The summed E-state index contributed by atoms with van der Waals surface area (Å²) in [6.45, 7) is 3.77. The summed E-state index contributed by atoms with van der Waals surface area (Å²) in [5.41, 5.74) is 2.39. The van der Waals surface area contributed by atoms with Gasteiger partial charge < -0.3 is 0 Å². The van der Waals surface area contributed by atoms with E-state index in [2.05, 4.69) is 23.3 Å². The molecule has 0 saturated heterocycles. The van der Waals surface area contributed by atoms with Crippen molar-refractivity contribution in [3.63, 3.8) is 0 Å². The van der Waals surface area contributed by atoms with Crippen LogP contribution >= 0.6 is 11.3 Å². The summed E-state index contributed by atoms with van der Waals surface area (Å²) in [4.78, 5) is 14.6. The van der Waals surface area contributed by atoms with Crippen molar-refractivity contribution in [3.05, 3.63) is 61.8 Å². The normalized spacial score (nSPS) is 18.8. The summed E-state index contributed by atoms with van der Waals surface area (Å²) in [6.07, 6.45) is 1.04. The van der Waals surface area contributed by atoms with Crippen molar-refractivity contribution >= 4 is 17.0 Å². The quantitative estimate of drug-likeness (QED) is 0.638. The van der Waals surface area contributed by atoms with E-state index in [1.165, 1.54) is 10.4 Å². The summed E-state index contributed by atoms with van der Waals surface area (Å²) in [5.74, 6) is 0. The van der Waals surface area contributed by atoms with E-state index in [0.717, 1.165) is 18.5 Å². The molecule has 0 amide bonds. The van der Waals surface area contributed by atoms with Crippen LogP contribution in [-0.4, -0.2) is 16.4 Å². The molecule has 2 aromatic rings. The van der Waals surface area contributed by atoms with E-state index in [0.29, 0.717) is 12.6 Å². The molecular weight excluding hydrogens is 272 g/mol. The molecule has 0 bridgehead atoms. The van der Waals surface area contributed by atoms with Gasteiger partial charge in [-0.3, -0.25) is 15.0 Å². The number of fused-ring (bicyclic) bond motifs is 1.